The number of hydrogen-bond acceptors (Lipinski definition) is 5. The van der Waals surface area contributed by atoms with E-state index in [0.29, 0.717) is 17.1 Å². The summed E-state index contributed by atoms with van der Waals surface area (Å²) in [5, 5.41) is 3.99. The average Bonchev–Trinajstić information content (AvgIpc) is 2.83. The van der Waals surface area contributed by atoms with Gasteiger partial charge in [0.05, 0.1) is 5.69 Å². The molecule has 5 nitrogen and oxygen atoms in total. The van der Waals surface area contributed by atoms with Gasteiger partial charge in [0.2, 0.25) is 0 Å². The number of carbonyl (C=O) groups excluding carboxylic acids is 1. The molecule has 0 N–H and O–H groups in total. The Morgan fingerprint density at radius 1 is 1.50 bits per heavy atom. The molecule has 0 aliphatic rings. The molecule has 0 saturated carbocycles. The zero-order valence-corrected chi connectivity index (χ0v) is 9.52. The van der Waals surface area contributed by atoms with Crippen LogP contribution < -0.4 is 0 Å². The quantitative estimate of drug-likeness (QED) is 0.747. The largest absolute Gasteiger partial charge is 0.298 e. The first kappa shape index (κ1) is 10.8. The molecular weight excluding hydrogens is 224 g/mol. The van der Waals surface area contributed by atoms with E-state index >= 15 is 0 Å². The Hall–Kier alpha value is -1.69. The first-order valence-electron chi connectivity index (χ1n) is 4.64. The predicted molar refractivity (Wildman–Crippen MR) is 61.8 cm³/mol. The predicted octanol–water partition coefficient (Wildman–Crippen LogP) is 1.34. The van der Waals surface area contributed by atoms with E-state index in [1.165, 1.54) is 6.33 Å². The number of carbonyl (C=O) groups is 1. The molecule has 0 spiro atoms. The van der Waals surface area contributed by atoms with Crippen molar-refractivity contribution in [2.75, 3.05) is 6.26 Å². The fraction of sp³-hybridized carbons (Fsp3) is 0.200. The molecule has 0 saturated heterocycles. The van der Waals surface area contributed by atoms with Gasteiger partial charge in [0.15, 0.2) is 12.1 Å². The first-order valence-corrected chi connectivity index (χ1v) is 6.03. The highest BCUT2D eigenvalue weighted by molar-refractivity contribution is 7.97. The molecule has 16 heavy (non-hydrogen) atoms. The fourth-order valence-corrected chi connectivity index (χ4v) is 1.82. The summed E-state index contributed by atoms with van der Waals surface area (Å²) in [5.74, 6) is 1.38. The highest BCUT2D eigenvalue weighted by Crippen LogP contribution is 2.13. The number of aromatic nitrogens is 4. The molecule has 2 heterocycles. The Kier molecular flexibility index (Phi) is 3.31. The number of thioether (sulfide) groups is 1. The van der Waals surface area contributed by atoms with Gasteiger partial charge in [-0.25, -0.2) is 14.6 Å². The van der Waals surface area contributed by atoms with E-state index < -0.39 is 0 Å². The maximum Gasteiger partial charge on any atom is 0.155 e. The monoisotopic (exact) mass is 234 g/mol. The molecular formula is C10H10N4OS. The van der Waals surface area contributed by atoms with Crippen LogP contribution in [0, 0.1) is 0 Å². The van der Waals surface area contributed by atoms with Crippen LogP contribution in [0.15, 0.2) is 24.8 Å². The summed E-state index contributed by atoms with van der Waals surface area (Å²) in [5.41, 5.74) is 1.40. The van der Waals surface area contributed by atoms with Crippen LogP contribution in [0.4, 0.5) is 0 Å². The molecule has 82 valence electrons. The number of nitrogens with zero attached hydrogens (tertiary/aromatic N) is 4. The van der Waals surface area contributed by atoms with E-state index in [1.807, 2.05) is 6.26 Å². The van der Waals surface area contributed by atoms with Crippen molar-refractivity contribution in [2.45, 2.75) is 5.75 Å². The maximum absolute atomic E-state index is 10.8. The lowest BCUT2D eigenvalue weighted by Gasteiger charge is -2.05. The Morgan fingerprint density at radius 3 is 3.00 bits per heavy atom. The topological polar surface area (TPSA) is 60.7 Å². The smallest absolute Gasteiger partial charge is 0.155 e. The van der Waals surface area contributed by atoms with Crippen molar-refractivity contribution in [1.82, 2.24) is 19.7 Å². The summed E-state index contributed by atoms with van der Waals surface area (Å²) < 4.78 is 1.57. The van der Waals surface area contributed by atoms with Gasteiger partial charge < -0.3 is 0 Å². The van der Waals surface area contributed by atoms with Crippen LogP contribution in [-0.2, 0) is 5.75 Å². The molecule has 0 unspecified atom stereocenters. The van der Waals surface area contributed by atoms with Crippen LogP contribution in [0.5, 0.6) is 0 Å². The van der Waals surface area contributed by atoms with Crippen LogP contribution in [0.2, 0.25) is 0 Å². The Balaban J connectivity index is 2.42. The molecule has 2 rings (SSSR count). The minimum atomic E-state index is 0.623. The van der Waals surface area contributed by atoms with Gasteiger partial charge in [0.1, 0.15) is 12.7 Å². The van der Waals surface area contributed by atoms with Gasteiger partial charge in [-0.1, -0.05) is 0 Å². The third kappa shape index (κ3) is 2.11. The summed E-state index contributed by atoms with van der Waals surface area (Å²) in [6.45, 7) is 0. The third-order valence-electron chi connectivity index (χ3n) is 2.06. The summed E-state index contributed by atoms with van der Waals surface area (Å²) in [6.07, 6.45) is 5.82. The normalized spacial score (nSPS) is 10.3. The van der Waals surface area contributed by atoms with Crippen LogP contribution in [0.3, 0.4) is 0 Å². The third-order valence-corrected chi connectivity index (χ3v) is 2.62. The molecule has 0 bridgehead atoms. The number of pyridine rings is 1. The van der Waals surface area contributed by atoms with E-state index in [4.69, 9.17) is 0 Å². The van der Waals surface area contributed by atoms with E-state index in [-0.39, 0.29) is 0 Å². The Morgan fingerprint density at radius 2 is 2.38 bits per heavy atom. The molecule has 0 radical (unpaired) electrons. The zero-order valence-electron chi connectivity index (χ0n) is 8.70. The van der Waals surface area contributed by atoms with Crippen molar-refractivity contribution >= 4 is 18.0 Å². The molecule has 6 heteroatoms. The first-order chi connectivity index (χ1) is 7.85. The SMILES string of the molecule is CSCc1nc(-n2cncn2)ccc1C=O. The second-order valence-electron chi connectivity index (χ2n) is 3.10. The molecule has 0 atom stereocenters. The van der Waals surface area contributed by atoms with Crippen molar-refractivity contribution in [3.8, 4) is 5.82 Å². The summed E-state index contributed by atoms with van der Waals surface area (Å²) in [4.78, 5) is 19.1. The van der Waals surface area contributed by atoms with Crippen molar-refractivity contribution in [3.63, 3.8) is 0 Å². The van der Waals surface area contributed by atoms with Gasteiger partial charge in [-0.05, 0) is 18.4 Å². The summed E-state index contributed by atoms with van der Waals surface area (Å²) in [6, 6.07) is 3.50. The Labute approximate surface area is 96.9 Å². The van der Waals surface area contributed by atoms with Crippen LogP contribution in [0.1, 0.15) is 16.1 Å². The minimum Gasteiger partial charge on any atom is -0.298 e. The van der Waals surface area contributed by atoms with Crippen molar-refractivity contribution in [3.05, 3.63) is 36.0 Å². The van der Waals surface area contributed by atoms with Crippen LogP contribution >= 0.6 is 11.8 Å². The van der Waals surface area contributed by atoms with Crippen molar-refractivity contribution in [2.24, 2.45) is 0 Å². The lowest BCUT2D eigenvalue weighted by atomic mass is 10.2. The molecule has 0 amide bonds. The highest BCUT2D eigenvalue weighted by Gasteiger charge is 2.06. The minimum absolute atomic E-state index is 0.623. The van der Waals surface area contributed by atoms with Gasteiger partial charge in [-0.15, -0.1) is 0 Å². The van der Waals surface area contributed by atoms with E-state index in [9.17, 15) is 4.79 Å². The molecule has 2 aromatic rings. The number of rotatable bonds is 4. The zero-order chi connectivity index (χ0) is 11.4. The molecule has 2 aromatic heterocycles. The Bertz CT molecular complexity index is 484. The second-order valence-corrected chi connectivity index (χ2v) is 3.96. The summed E-state index contributed by atoms with van der Waals surface area (Å²) >= 11 is 1.62. The van der Waals surface area contributed by atoms with Gasteiger partial charge in [-0.2, -0.15) is 16.9 Å². The highest BCUT2D eigenvalue weighted by atomic mass is 32.2. The summed E-state index contributed by atoms with van der Waals surface area (Å²) in [7, 11) is 0. The van der Waals surface area contributed by atoms with Crippen LogP contribution in [-0.4, -0.2) is 32.3 Å². The van der Waals surface area contributed by atoms with Crippen molar-refractivity contribution < 1.29 is 4.79 Å². The van der Waals surface area contributed by atoms with Gasteiger partial charge >= 0.3 is 0 Å². The molecule has 0 fully saturated rings. The van der Waals surface area contributed by atoms with Crippen LogP contribution in [0.25, 0.3) is 5.82 Å². The van der Waals surface area contributed by atoms with E-state index in [2.05, 4.69) is 15.1 Å². The maximum atomic E-state index is 10.8. The lowest BCUT2D eigenvalue weighted by molar-refractivity contribution is 0.112. The fourth-order valence-electron chi connectivity index (χ4n) is 1.31. The molecule has 0 aliphatic heterocycles. The lowest BCUT2D eigenvalue weighted by Crippen LogP contribution is -2.03. The van der Waals surface area contributed by atoms with Gasteiger partial charge in [-0.3, -0.25) is 4.79 Å². The van der Waals surface area contributed by atoms with Crippen molar-refractivity contribution in [1.29, 1.82) is 0 Å². The van der Waals surface area contributed by atoms with Gasteiger partial charge in [0, 0.05) is 11.3 Å². The van der Waals surface area contributed by atoms with Gasteiger partial charge in [0.25, 0.3) is 0 Å². The van der Waals surface area contributed by atoms with E-state index in [1.54, 1.807) is 34.9 Å². The number of aldehydes is 1. The standard InChI is InChI=1S/C10H10N4OS/c1-16-5-9-8(4-15)2-3-10(13-9)14-7-11-6-12-14/h2-4,6-7H,5H2,1H3. The average molecular weight is 234 g/mol. The second kappa shape index (κ2) is 4.89. The van der Waals surface area contributed by atoms with E-state index in [0.717, 1.165) is 12.0 Å². The molecule has 0 aromatic carbocycles. The molecule has 0 aliphatic carbocycles. The number of hydrogen-bond donors (Lipinski definition) is 0.